The van der Waals surface area contributed by atoms with Gasteiger partial charge in [-0.2, -0.15) is 0 Å². The monoisotopic (exact) mass is 220 g/mol. The first-order valence-corrected chi connectivity index (χ1v) is 5.65. The maximum atomic E-state index is 11.4. The molecule has 0 radical (unpaired) electrons. The number of esters is 1. The fourth-order valence-corrected chi connectivity index (χ4v) is 1.78. The number of carbonyl (C=O) groups is 1. The van der Waals surface area contributed by atoms with Crippen LogP contribution in [0.2, 0.25) is 0 Å². The van der Waals surface area contributed by atoms with Gasteiger partial charge in [0.2, 0.25) is 0 Å². The molecular weight excluding hydrogens is 204 g/mol. The van der Waals surface area contributed by atoms with Gasteiger partial charge in [0.1, 0.15) is 6.10 Å². The molecule has 1 fully saturated rings. The fraction of sp³-hybridized carbons (Fsp3) is 0.462. The predicted octanol–water partition coefficient (Wildman–Crippen LogP) is 2.30. The molecule has 2 atom stereocenters. The molecule has 0 aromatic heterocycles. The fourth-order valence-electron chi connectivity index (χ4n) is 1.78. The van der Waals surface area contributed by atoms with Crippen molar-refractivity contribution in [2.75, 3.05) is 0 Å². The van der Waals surface area contributed by atoms with Crippen molar-refractivity contribution in [3.8, 4) is 0 Å². The summed E-state index contributed by atoms with van der Waals surface area (Å²) in [6.45, 7) is 2.48. The van der Waals surface area contributed by atoms with Crippen LogP contribution in [0.1, 0.15) is 25.3 Å². The van der Waals surface area contributed by atoms with Crippen LogP contribution in [-0.2, 0) is 20.9 Å². The van der Waals surface area contributed by atoms with Gasteiger partial charge in [-0.25, -0.2) is 4.79 Å². The summed E-state index contributed by atoms with van der Waals surface area (Å²) < 4.78 is 10.7. The van der Waals surface area contributed by atoms with E-state index in [4.69, 9.17) is 9.47 Å². The molecule has 1 aliphatic rings. The van der Waals surface area contributed by atoms with E-state index in [1.54, 1.807) is 0 Å². The summed E-state index contributed by atoms with van der Waals surface area (Å²) in [5.41, 5.74) is 1.08. The van der Waals surface area contributed by atoms with Crippen molar-refractivity contribution in [2.45, 2.75) is 38.6 Å². The van der Waals surface area contributed by atoms with Crippen molar-refractivity contribution in [1.82, 2.24) is 0 Å². The Labute approximate surface area is 95.4 Å². The summed E-state index contributed by atoms with van der Waals surface area (Å²) in [4.78, 5) is 11.4. The summed E-state index contributed by atoms with van der Waals surface area (Å²) in [5.74, 6) is -0.220. The minimum atomic E-state index is -0.384. The Kier molecular flexibility index (Phi) is 3.57. The number of carbonyl (C=O) groups excluding carboxylic acids is 1. The van der Waals surface area contributed by atoms with E-state index in [9.17, 15) is 4.79 Å². The minimum Gasteiger partial charge on any atom is -0.460 e. The third-order valence-corrected chi connectivity index (χ3v) is 2.77. The standard InChI is InChI=1S/C13H16O3/c1-2-11-8-12(13(14)16-11)15-9-10-6-4-3-5-7-10/h3-7,11-12H,2,8-9H2,1H3. The molecule has 0 aliphatic carbocycles. The lowest BCUT2D eigenvalue weighted by atomic mass is 10.1. The Morgan fingerprint density at radius 1 is 1.38 bits per heavy atom. The predicted molar refractivity (Wildman–Crippen MR) is 59.8 cm³/mol. The Hall–Kier alpha value is -1.35. The molecule has 1 saturated heterocycles. The van der Waals surface area contributed by atoms with E-state index in [0.29, 0.717) is 13.0 Å². The Morgan fingerprint density at radius 3 is 2.75 bits per heavy atom. The molecule has 3 heteroatoms. The normalized spacial score (nSPS) is 24.4. The smallest absolute Gasteiger partial charge is 0.335 e. The average molecular weight is 220 g/mol. The number of hydrogen-bond donors (Lipinski definition) is 0. The van der Waals surface area contributed by atoms with Crippen LogP contribution in [0.4, 0.5) is 0 Å². The zero-order valence-corrected chi connectivity index (χ0v) is 9.39. The van der Waals surface area contributed by atoms with Gasteiger partial charge in [0, 0.05) is 6.42 Å². The van der Waals surface area contributed by atoms with Crippen molar-refractivity contribution < 1.29 is 14.3 Å². The van der Waals surface area contributed by atoms with Crippen LogP contribution in [0.25, 0.3) is 0 Å². The lowest BCUT2D eigenvalue weighted by Crippen LogP contribution is -2.18. The van der Waals surface area contributed by atoms with E-state index in [-0.39, 0.29) is 18.2 Å². The molecule has 2 unspecified atom stereocenters. The van der Waals surface area contributed by atoms with Crippen molar-refractivity contribution in [2.24, 2.45) is 0 Å². The molecule has 1 aromatic rings. The van der Waals surface area contributed by atoms with Gasteiger partial charge >= 0.3 is 5.97 Å². The van der Waals surface area contributed by atoms with Crippen LogP contribution in [0.15, 0.2) is 30.3 Å². The quantitative estimate of drug-likeness (QED) is 0.730. The largest absolute Gasteiger partial charge is 0.460 e. The molecule has 0 bridgehead atoms. The summed E-state index contributed by atoms with van der Waals surface area (Å²) in [7, 11) is 0. The van der Waals surface area contributed by atoms with E-state index in [0.717, 1.165) is 12.0 Å². The molecule has 0 spiro atoms. The highest BCUT2D eigenvalue weighted by Crippen LogP contribution is 2.21. The van der Waals surface area contributed by atoms with Gasteiger partial charge in [-0.3, -0.25) is 0 Å². The summed E-state index contributed by atoms with van der Waals surface area (Å²) in [6, 6.07) is 9.84. The van der Waals surface area contributed by atoms with Crippen molar-refractivity contribution in [1.29, 1.82) is 0 Å². The van der Waals surface area contributed by atoms with Crippen LogP contribution < -0.4 is 0 Å². The zero-order valence-electron chi connectivity index (χ0n) is 9.39. The van der Waals surface area contributed by atoms with Gasteiger partial charge in [-0.15, -0.1) is 0 Å². The van der Waals surface area contributed by atoms with Crippen LogP contribution >= 0.6 is 0 Å². The van der Waals surface area contributed by atoms with E-state index < -0.39 is 0 Å². The Bertz CT molecular complexity index is 347. The molecule has 1 aliphatic heterocycles. The van der Waals surface area contributed by atoms with Gasteiger partial charge < -0.3 is 9.47 Å². The van der Waals surface area contributed by atoms with Gasteiger partial charge in [0.25, 0.3) is 0 Å². The van der Waals surface area contributed by atoms with Gasteiger partial charge in [0.05, 0.1) is 6.61 Å². The van der Waals surface area contributed by atoms with E-state index in [1.807, 2.05) is 37.3 Å². The maximum Gasteiger partial charge on any atom is 0.335 e. The average Bonchev–Trinajstić information content (AvgIpc) is 2.69. The third kappa shape index (κ3) is 2.61. The second-order valence-corrected chi connectivity index (χ2v) is 3.99. The van der Waals surface area contributed by atoms with E-state index in [1.165, 1.54) is 0 Å². The molecule has 2 rings (SSSR count). The number of rotatable bonds is 4. The molecule has 0 N–H and O–H groups in total. The van der Waals surface area contributed by atoms with Crippen LogP contribution in [-0.4, -0.2) is 18.2 Å². The zero-order chi connectivity index (χ0) is 11.4. The number of benzene rings is 1. The topological polar surface area (TPSA) is 35.5 Å². The highest BCUT2D eigenvalue weighted by molar-refractivity contribution is 5.76. The first-order valence-electron chi connectivity index (χ1n) is 5.65. The van der Waals surface area contributed by atoms with Gasteiger partial charge in [-0.05, 0) is 12.0 Å². The van der Waals surface area contributed by atoms with E-state index in [2.05, 4.69) is 0 Å². The molecular formula is C13H16O3. The van der Waals surface area contributed by atoms with Crippen molar-refractivity contribution in [3.63, 3.8) is 0 Å². The highest BCUT2D eigenvalue weighted by Gasteiger charge is 2.33. The molecule has 0 amide bonds. The lowest BCUT2D eigenvalue weighted by molar-refractivity contribution is -0.150. The first-order chi connectivity index (χ1) is 7.79. The highest BCUT2D eigenvalue weighted by atomic mass is 16.6. The molecule has 3 nitrogen and oxygen atoms in total. The molecule has 1 aromatic carbocycles. The third-order valence-electron chi connectivity index (χ3n) is 2.77. The number of hydrogen-bond acceptors (Lipinski definition) is 3. The minimum absolute atomic E-state index is 0.0354. The SMILES string of the molecule is CCC1CC(OCc2ccccc2)C(=O)O1. The second kappa shape index (κ2) is 5.12. The Morgan fingerprint density at radius 2 is 2.12 bits per heavy atom. The van der Waals surface area contributed by atoms with Crippen LogP contribution in [0.5, 0.6) is 0 Å². The van der Waals surface area contributed by atoms with Gasteiger partial charge in [0.15, 0.2) is 6.10 Å². The first kappa shape index (κ1) is 11.1. The van der Waals surface area contributed by atoms with Gasteiger partial charge in [-0.1, -0.05) is 37.3 Å². The van der Waals surface area contributed by atoms with E-state index >= 15 is 0 Å². The molecule has 16 heavy (non-hydrogen) atoms. The van der Waals surface area contributed by atoms with Crippen LogP contribution in [0, 0.1) is 0 Å². The van der Waals surface area contributed by atoms with Crippen LogP contribution in [0.3, 0.4) is 0 Å². The molecule has 0 saturated carbocycles. The van der Waals surface area contributed by atoms with Crippen molar-refractivity contribution >= 4 is 5.97 Å². The second-order valence-electron chi connectivity index (χ2n) is 3.99. The number of ether oxygens (including phenoxy) is 2. The maximum absolute atomic E-state index is 11.4. The summed E-state index contributed by atoms with van der Waals surface area (Å²) in [6.07, 6.45) is 1.19. The van der Waals surface area contributed by atoms with Crippen molar-refractivity contribution in [3.05, 3.63) is 35.9 Å². The summed E-state index contributed by atoms with van der Waals surface area (Å²) in [5, 5.41) is 0. The molecule has 86 valence electrons. The molecule has 1 heterocycles. The lowest BCUT2D eigenvalue weighted by Gasteiger charge is -2.07. The Balaban J connectivity index is 1.85. The number of cyclic esters (lactones) is 1. The summed E-state index contributed by atoms with van der Waals surface area (Å²) >= 11 is 0.